The predicted octanol–water partition coefficient (Wildman–Crippen LogP) is 5.25. The van der Waals surface area contributed by atoms with Gasteiger partial charge in [-0.3, -0.25) is 4.79 Å². The lowest BCUT2D eigenvalue weighted by Gasteiger charge is -2.41. The molecule has 7 nitrogen and oxygen atoms in total. The van der Waals surface area contributed by atoms with Crippen LogP contribution in [0.5, 0.6) is 11.5 Å². The highest BCUT2D eigenvalue weighted by Gasteiger charge is 2.44. The lowest BCUT2D eigenvalue weighted by atomic mass is 9.75. The summed E-state index contributed by atoms with van der Waals surface area (Å²) in [4.78, 5) is 11.6. The number of carboxylic acid groups (broad SMARTS) is 1. The highest BCUT2D eigenvalue weighted by Crippen LogP contribution is 2.41. The van der Waals surface area contributed by atoms with Crippen LogP contribution in [-0.2, 0) is 31.4 Å². The van der Waals surface area contributed by atoms with Gasteiger partial charge in [0.15, 0.2) is 9.84 Å². The van der Waals surface area contributed by atoms with E-state index in [4.69, 9.17) is 14.2 Å². The van der Waals surface area contributed by atoms with Crippen LogP contribution in [0.1, 0.15) is 41.5 Å². The van der Waals surface area contributed by atoms with Crippen molar-refractivity contribution in [3.8, 4) is 22.6 Å². The number of aliphatic carboxylic acids is 1. The smallest absolute Gasteiger partial charge is 0.304 e. The third kappa shape index (κ3) is 5.97. The molecule has 0 atom stereocenters. The van der Waals surface area contributed by atoms with Crippen molar-refractivity contribution < 1.29 is 32.5 Å². The van der Waals surface area contributed by atoms with Crippen molar-refractivity contribution in [3.05, 3.63) is 82.9 Å². The van der Waals surface area contributed by atoms with E-state index in [1.54, 1.807) is 0 Å². The third-order valence-electron chi connectivity index (χ3n) is 7.71. The van der Waals surface area contributed by atoms with Crippen molar-refractivity contribution in [2.45, 2.75) is 51.2 Å². The average molecular weight is 551 g/mol. The van der Waals surface area contributed by atoms with Crippen molar-refractivity contribution in [3.63, 3.8) is 0 Å². The molecule has 0 aliphatic carbocycles. The highest BCUT2D eigenvalue weighted by atomic mass is 32.2. The van der Waals surface area contributed by atoms with Crippen LogP contribution >= 0.6 is 0 Å². The maximum Gasteiger partial charge on any atom is 0.304 e. The number of ether oxygens (including phenoxy) is 3. The van der Waals surface area contributed by atoms with Gasteiger partial charge in [0, 0.05) is 11.1 Å². The average Bonchev–Trinajstić information content (AvgIpc) is 2.87. The molecule has 0 spiro atoms. The van der Waals surface area contributed by atoms with Crippen LogP contribution < -0.4 is 9.47 Å². The summed E-state index contributed by atoms with van der Waals surface area (Å²) < 4.78 is 42.0. The van der Waals surface area contributed by atoms with Gasteiger partial charge in [-0.15, -0.1) is 0 Å². The first-order valence-electron chi connectivity index (χ1n) is 13.2. The number of hydrogen-bond donors (Lipinski definition) is 1. The van der Waals surface area contributed by atoms with E-state index in [9.17, 15) is 18.3 Å². The highest BCUT2D eigenvalue weighted by molar-refractivity contribution is 7.91. The number of carboxylic acids is 1. The molecule has 2 saturated heterocycles. The monoisotopic (exact) mass is 550 g/mol. The first-order chi connectivity index (χ1) is 18.7. The van der Waals surface area contributed by atoms with Crippen LogP contribution in [0.25, 0.3) is 11.1 Å². The van der Waals surface area contributed by atoms with Crippen LogP contribution in [0.15, 0.2) is 60.7 Å². The van der Waals surface area contributed by atoms with Gasteiger partial charge in [0.2, 0.25) is 0 Å². The minimum absolute atomic E-state index is 0.0334. The third-order valence-corrected chi connectivity index (χ3v) is 9.43. The van der Waals surface area contributed by atoms with Gasteiger partial charge in [-0.25, -0.2) is 8.42 Å². The number of aryl methyl sites for hydroxylation is 2. The molecule has 3 aromatic rings. The molecule has 0 unspecified atom stereocenters. The van der Waals surface area contributed by atoms with Gasteiger partial charge >= 0.3 is 5.97 Å². The largest absolute Gasteiger partial charge is 0.490 e. The molecule has 0 amide bonds. The lowest BCUT2D eigenvalue weighted by molar-refractivity contribution is -0.145. The molecular formula is C31H34O7S. The van der Waals surface area contributed by atoms with E-state index in [0.29, 0.717) is 37.6 Å². The van der Waals surface area contributed by atoms with E-state index in [1.807, 2.05) is 42.5 Å². The summed E-state index contributed by atoms with van der Waals surface area (Å²) in [5.41, 5.74) is 5.58. The summed E-state index contributed by atoms with van der Waals surface area (Å²) in [6, 6.07) is 19.8. The Balaban J connectivity index is 1.46. The number of carbonyl (C=O) groups is 1. The van der Waals surface area contributed by atoms with Crippen LogP contribution in [0.4, 0.5) is 0 Å². The Morgan fingerprint density at radius 1 is 0.974 bits per heavy atom. The molecule has 1 N–H and O–H groups in total. The summed E-state index contributed by atoms with van der Waals surface area (Å²) in [7, 11) is -3.00. The van der Waals surface area contributed by atoms with Crippen LogP contribution in [-0.4, -0.2) is 50.3 Å². The van der Waals surface area contributed by atoms with E-state index in [2.05, 4.69) is 32.0 Å². The maximum atomic E-state index is 11.9. The summed E-state index contributed by atoms with van der Waals surface area (Å²) in [5, 5.41) is 9.53. The Bertz CT molecular complexity index is 1440. The van der Waals surface area contributed by atoms with Crippen LogP contribution in [0.2, 0.25) is 0 Å². The van der Waals surface area contributed by atoms with Crippen molar-refractivity contribution in [1.29, 1.82) is 0 Å². The molecule has 2 aliphatic rings. The van der Waals surface area contributed by atoms with E-state index < -0.39 is 21.2 Å². The normalized spacial score (nSPS) is 18.2. The van der Waals surface area contributed by atoms with E-state index >= 15 is 0 Å². The zero-order valence-corrected chi connectivity index (χ0v) is 23.1. The van der Waals surface area contributed by atoms with Crippen molar-refractivity contribution in [2.75, 3.05) is 24.7 Å². The minimum Gasteiger partial charge on any atom is -0.490 e. The second kappa shape index (κ2) is 11.0. The Kier molecular flexibility index (Phi) is 7.69. The number of para-hydroxylation sites is 1. The zero-order valence-electron chi connectivity index (χ0n) is 22.3. The van der Waals surface area contributed by atoms with Crippen LogP contribution in [0, 0.1) is 13.8 Å². The molecule has 206 valence electrons. The molecule has 39 heavy (non-hydrogen) atoms. The topological polar surface area (TPSA) is 99.1 Å². The summed E-state index contributed by atoms with van der Waals surface area (Å²) in [6.07, 6.45) is 0.703. The van der Waals surface area contributed by atoms with E-state index in [0.717, 1.165) is 22.3 Å². The lowest BCUT2D eigenvalue weighted by Crippen LogP contribution is -2.48. The van der Waals surface area contributed by atoms with Gasteiger partial charge in [-0.1, -0.05) is 42.5 Å². The van der Waals surface area contributed by atoms with Gasteiger partial charge in [-0.05, 0) is 67.1 Å². The van der Waals surface area contributed by atoms with Crippen molar-refractivity contribution in [1.82, 2.24) is 0 Å². The molecule has 5 rings (SSSR count). The molecule has 0 aromatic heterocycles. The fraction of sp³-hybridized carbons (Fsp3) is 0.387. The summed E-state index contributed by atoms with van der Waals surface area (Å²) >= 11 is 0. The van der Waals surface area contributed by atoms with Gasteiger partial charge in [0.25, 0.3) is 0 Å². The number of sulfone groups is 1. The van der Waals surface area contributed by atoms with E-state index in [-0.39, 0.29) is 30.6 Å². The first kappa shape index (κ1) is 27.2. The number of benzene rings is 3. The second-order valence-electron chi connectivity index (χ2n) is 10.7. The van der Waals surface area contributed by atoms with E-state index in [1.165, 1.54) is 11.1 Å². The van der Waals surface area contributed by atoms with Crippen molar-refractivity contribution in [2.24, 2.45) is 0 Å². The quantitative estimate of drug-likeness (QED) is 0.389. The summed E-state index contributed by atoms with van der Waals surface area (Å²) in [5.74, 6) is 0.670. The van der Waals surface area contributed by atoms with Crippen molar-refractivity contribution >= 4 is 15.8 Å². The molecule has 2 fully saturated rings. The summed E-state index contributed by atoms with van der Waals surface area (Å²) in [6.45, 7) is 5.05. The standard InChI is InChI=1S/C31H34O7S/c1-21-6-5-7-22(2)30(21)23-10-11-27(38-25-12-14-39(34,35)15-13-25)24(16-23)18-37-28-9-4-3-8-26(28)31(17-29(32)33)19-36-20-31/h3-11,16,25H,12-15,17-20H2,1-2H3,(H,32,33). The molecule has 0 bridgehead atoms. The Labute approximate surface area is 229 Å². The zero-order chi connectivity index (χ0) is 27.6. The SMILES string of the molecule is Cc1cccc(C)c1-c1ccc(OC2CCS(=O)(=O)CC2)c(COc2ccccc2C2(CC(=O)O)COC2)c1. The molecule has 0 radical (unpaired) electrons. The first-order valence-corrected chi connectivity index (χ1v) is 15.1. The molecule has 3 aromatic carbocycles. The Morgan fingerprint density at radius 2 is 1.67 bits per heavy atom. The molecule has 8 heteroatoms. The second-order valence-corrected chi connectivity index (χ2v) is 13.0. The number of rotatable bonds is 9. The predicted molar refractivity (Wildman–Crippen MR) is 149 cm³/mol. The fourth-order valence-electron chi connectivity index (χ4n) is 5.58. The molecular weight excluding hydrogens is 516 g/mol. The molecule has 2 heterocycles. The Hall–Kier alpha value is -3.36. The van der Waals surface area contributed by atoms with Gasteiger partial charge in [0.05, 0.1) is 36.6 Å². The molecule has 2 aliphatic heterocycles. The molecule has 0 saturated carbocycles. The maximum absolute atomic E-state index is 11.9. The van der Waals surface area contributed by atoms with Gasteiger partial charge in [0.1, 0.15) is 24.2 Å². The minimum atomic E-state index is -3.00. The Morgan fingerprint density at radius 3 is 2.31 bits per heavy atom. The fourth-order valence-corrected chi connectivity index (χ4v) is 7.02. The number of hydrogen-bond acceptors (Lipinski definition) is 6. The van der Waals surface area contributed by atoms with Gasteiger partial charge in [-0.2, -0.15) is 0 Å². The van der Waals surface area contributed by atoms with Gasteiger partial charge < -0.3 is 19.3 Å². The van der Waals surface area contributed by atoms with Crippen LogP contribution in [0.3, 0.4) is 0 Å².